The van der Waals surface area contributed by atoms with Crippen molar-refractivity contribution in [2.45, 2.75) is 44.6 Å². The van der Waals surface area contributed by atoms with Crippen LogP contribution in [0.2, 0.25) is 0 Å². The number of aryl methyl sites for hydroxylation is 1. The molecule has 20 heavy (non-hydrogen) atoms. The molecule has 1 aromatic carbocycles. The van der Waals surface area contributed by atoms with Crippen LogP contribution in [0.4, 0.5) is 10.1 Å². The fourth-order valence-electron chi connectivity index (χ4n) is 2.66. The average Bonchev–Trinajstić information content (AvgIpc) is 2.36. The van der Waals surface area contributed by atoms with Crippen LogP contribution in [0.3, 0.4) is 0 Å². The van der Waals surface area contributed by atoms with Gasteiger partial charge in [-0.3, -0.25) is 0 Å². The van der Waals surface area contributed by atoms with Gasteiger partial charge in [0.15, 0.2) is 0 Å². The Morgan fingerprint density at radius 1 is 1.30 bits per heavy atom. The molecule has 6 heteroatoms. The third-order valence-electron chi connectivity index (χ3n) is 3.89. The summed E-state index contributed by atoms with van der Waals surface area (Å²) < 4.78 is 41.0. The summed E-state index contributed by atoms with van der Waals surface area (Å²) in [7, 11) is -3.84. The number of rotatable bonds is 2. The molecule has 0 spiro atoms. The second kappa shape index (κ2) is 5.33. The maximum atomic E-state index is 14.2. The molecule has 2 unspecified atom stereocenters. The molecule has 1 heterocycles. The van der Waals surface area contributed by atoms with Crippen molar-refractivity contribution in [3.63, 3.8) is 0 Å². The molecular formula is C14H21FN2O2S. The minimum absolute atomic E-state index is 0.114. The number of nitrogen functional groups attached to an aromatic ring is 1. The lowest BCUT2D eigenvalue weighted by Crippen LogP contribution is -2.45. The van der Waals surface area contributed by atoms with Gasteiger partial charge in [0, 0.05) is 18.3 Å². The van der Waals surface area contributed by atoms with E-state index >= 15 is 0 Å². The van der Waals surface area contributed by atoms with E-state index in [0.717, 1.165) is 12.8 Å². The van der Waals surface area contributed by atoms with Crippen LogP contribution in [0.1, 0.15) is 32.3 Å². The molecule has 112 valence electrons. The molecule has 0 amide bonds. The predicted octanol–water partition coefficient (Wildman–Crippen LogP) is 2.53. The van der Waals surface area contributed by atoms with Gasteiger partial charge in [0.2, 0.25) is 10.0 Å². The van der Waals surface area contributed by atoms with Crippen LogP contribution in [0, 0.1) is 18.7 Å². The molecular weight excluding hydrogens is 279 g/mol. The number of nitrogens with zero attached hydrogens (tertiary/aromatic N) is 1. The summed E-state index contributed by atoms with van der Waals surface area (Å²) >= 11 is 0. The first-order valence-electron chi connectivity index (χ1n) is 6.81. The van der Waals surface area contributed by atoms with Crippen molar-refractivity contribution in [1.29, 1.82) is 0 Å². The third kappa shape index (κ3) is 2.67. The van der Waals surface area contributed by atoms with Crippen LogP contribution in [0.15, 0.2) is 17.0 Å². The van der Waals surface area contributed by atoms with Gasteiger partial charge in [0.05, 0.1) is 0 Å². The molecule has 0 aromatic heterocycles. The normalized spacial score (nSPS) is 24.8. The maximum absolute atomic E-state index is 14.2. The van der Waals surface area contributed by atoms with Gasteiger partial charge in [-0.25, -0.2) is 12.8 Å². The van der Waals surface area contributed by atoms with Crippen molar-refractivity contribution in [3.8, 4) is 0 Å². The second-order valence-corrected chi connectivity index (χ2v) is 7.62. The van der Waals surface area contributed by atoms with Crippen LogP contribution < -0.4 is 5.73 Å². The van der Waals surface area contributed by atoms with E-state index in [1.807, 2.05) is 13.8 Å². The Kier molecular flexibility index (Phi) is 4.07. The molecule has 2 atom stereocenters. The summed E-state index contributed by atoms with van der Waals surface area (Å²) in [5.41, 5.74) is 6.18. The molecule has 0 radical (unpaired) electrons. The van der Waals surface area contributed by atoms with Crippen molar-refractivity contribution in [1.82, 2.24) is 4.31 Å². The summed E-state index contributed by atoms with van der Waals surface area (Å²) in [5, 5.41) is 0. The van der Waals surface area contributed by atoms with Crippen LogP contribution in [-0.4, -0.2) is 25.3 Å². The van der Waals surface area contributed by atoms with Crippen molar-refractivity contribution in [3.05, 3.63) is 23.5 Å². The fraction of sp³-hybridized carbons (Fsp3) is 0.571. The van der Waals surface area contributed by atoms with Gasteiger partial charge in [0.1, 0.15) is 10.7 Å². The average molecular weight is 300 g/mol. The van der Waals surface area contributed by atoms with E-state index in [4.69, 9.17) is 5.73 Å². The van der Waals surface area contributed by atoms with E-state index in [1.165, 1.54) is 23.4 Å². The van der Waals surface area contributed by atoms with E-state index in [0.29, 0.717) is 6.54 Å². The summed E-state index contributed by atoms with van der Waals surface area (Å²) in [4.78, 5) is -0.309. The van der Waals surface area contributed by atoms with Crippen molar-refractivity contribution in [2.24, 2.45) is 5.92 Å². The number of halogens is 1. The zero-order valence-electron chi connectivity index (χ0n) is 12.1. The topological polar surface area (TPSA) is 63.4 Å². The number of nitrogens with two attached hydrogens (primary N) is 1. The number of hydrogen-bond acceptors (Lipinski definition) is 3. The molecule has 1 aliphatic rings. The highest BCUT2D eigenvalue weighted by Gasteiger charge is 2.35. The molecule has 2 rings (SSSR count). The quantitative estimate of drug-likeness (QED) is 0.854. The molecule has 1 fully saturated rings. The zero-order valence-corrected chi connectivity index (χ0v) is 12.9. The first kappa shape index (κ1) is 15.3. The summed E-state index contributed by atoms with van der Waals surface area (Å²) in [6.45, 7) is 5.82. The Hall–Kier alpha value is -1.14. The molecule has 0 aliphatic carbocycles. The van der Waals surface area contributed by atoms with Gasteiger partial charge in [0.25, 0.3) is 0 Å². The summed E-state index contributed by atoms with van der Waals surface area (Å²) in [6, 6.07) is 2.54. The summed E-state index contributed by atoms with van der Waals surface area (Å²) in [6.07, 6.45) is 1.79. The van der Waals surface area contributed by atoms with Gasteiger partial charge >= 0.3 is 0 Å². The largest absolute Gasteiger partial charge is 0.399 e. The zero-order chi connectivity index (χ0) is 15.1. The smallest absolute Gasteiger partial charge is 0.246 e. The Labute approximate surface area is 119 Å². The molecule has 1 saturated heterocycles. The molecule has 0 saturated carbocycles. The van der Waals surface area contributed by atoms with Crippen molar-refractivity contribution >= 4 is 15.7 Å². The van der Waals surface area contributed by atoms with E-state index in [9.17, 15) is 12.8 Å². The highest BCUT2D eigenvalue weighted by Crippen LogP contribution is 2.30. The highest BCUT2D eigenvalue weighted by atomic mass is 32.2. The number of piperidine rings is 1. The minimum atomic E-state index is -3.84. The van der Waals surface area contributed by atoms with Crippen LogP contribution >= 0.6 is 0 Å². The number of sulfonamides is 1. The van der Waals surface area contributed by atoms with E-state index < -0.39 is 15.8 Å². The lowest BCUT2D eigenvalue weighted by Gasteiger charge is -2.35. The molecule has 0 bridgehead atoms. The van der Waals surface area contributed by atoms with Crippen LogP contribution in [-0.2, 0) is 10.0 Å². The van der Waals surface area contributed by atoms with Crippen LogP contribution in [0.5, 0.6) is 0 Å². The van der Waals surface area contributed by atoms with Gasteiger partial charge < -0.3 is 5.73 Å². The second-order valence-electron chi connectivity index (χ2n) is 5.76. The molecule has 1 aromatic rings. The third-order valence-corrected chi connectivity index (χ3v) is 5.87. The Morgan fingerprint density at radius 3 is 2.60 bits per heavy atom. The molecule has 2 N–H and O–H groups in total. The lowest BCUT2D eigenvalue weighted by atomic mass is 9.97. The standard InChI is InChI=1S/C14H21FN2O2S/c1-9-4-5-11(3)17(8-9)20(18,19)13-7-12(16)6-10(2)14(13)15/h6-7,9,11H,4-5,8,16H2,1-3H3. The maximum Gasteiger partial charge on any atom is 0.246 e. The van der Waals surface area contributed by atoms with E-state index in [2.05, 4.69) is 0 Å². The molecule has 1 aliphatic heterocycles. The SMILES string of the molecule is Cc1cc(N)cc(S(=O)(=O)N2CC(C)CCC2C)c1F. The van der Waals surface area contributed by atoms with Gasteiger partial charge in [-0.15, -0.1) is 0 Å². The number of benzene rings is 1. The van der Waals surface area contributed by atoms with Gasteiger partial charge in [-0.1, -0.05) is 6.92 Å². The van der Waals surface area contributed by atoms with Crippen molar-refractivity contribution in [2.75, 3.05) is 12.3 Å². The van der Waals surface area contributed by atoms with Crippen molar-refractivity contribution < 1.29 is 12.8 Å². The fourth-order valence-corrected chi connectivity index (χ4v) is 4.62. The lowest BCUT2D eigenvalue weighted by molar-refractivity contribution is 0.217. The van der Waals surface area contributed by atoms with E-state index in [-0.39, 0.29) is 28.1 Å². The van der Waals surface area contributed by atoms with E-state index in [1.54, 1.807) is 0 Å². The van der Waals surface area contributed by atoms with Crippen LogP contribution in [0.25, 0.3) is 0 Å². The first-order chi connectivity index (χ1) is 9.23. The Morgan fingerprint density at radius 2 is 1.95 bits per heavy atom. The predicted molar refractivity (Wildman–Crippen MR) is 77.3 cm³/mol. The molecule has 4 nitrogen and oxygen atoms in total. The highest BCUT2D eigenvalue weighted by molar-refractivity contribution is 7.89. The Balaban J connectivity index is 2.50. The first-order valence-corrected chi connectivity index (χ1v) is 8.25. The monoisotopic (exact) mass is 300 g/mol. The minimum Gasteiger partial charge on any atom is -0.399 e. The van der Waals surface area contributed by atoms with Gasteiger partial charge in [-0.2, -0.15) is 4.31 Å². The summed E-state index contributed by atoms with van der Waals surface area (Å²) in [5.74, 6) is -0.421. The number of anilines is 1. The Bertz CT molecular complexity index is 616. The number of hydrogen-bond donors (Lipinski definition) is 1. The van der Waals surface area contributed by atoms with Gasteiger partial charge in [-0.05, 0) is 50.3 Å².